The summed E-state index contributed by atoms with van der Waals surface area (Å²) in [5.41, 5.74) is 9.79. The highest BCUT2D eigenvalue weighted by molar-refractivity contribution is 5.38. The van der Waals surface area contributed by atoms with E-state index in [4.69, 9.17) is 5.73 Å². The van der Waals surface area contributed by atoms with Gasteiger partial charge in [0, 0.05) is 12.0 Å². The third-order valence-electron chi connectivity index (χ3n) is 3.47. The number of nitrogens with two attached hydrogens (primary N) is 1. The molecule has 0 amide bonds. The first-order valence-corrected chi connectivity index (χ1v) is 6.72. The maximum atomic E-state index is 5.97. The first-order valence-electron chi connectivity index (χ1n) is 6.72. The van der Waals surface area contributed by atoms with Crippen LogP contribution in [0.4, 0.5) is 0 Å². The van der Waals surface area contributed by atoms with Crippen molar-refractivity contribution in [2.45, 2.75) is 25.8 Å². The highest BCUT2D eigenvalue weighted by atomic mass is 14.6. The van der Waals surface area contributed by atoms with E-state index in [2.05, 4.69) is 61.5 Å². The summed E-state index contributed by atoms with van der Waals surface area (Å²) in [5, 5.41) is 0. The molecule has 0 aliphatic carbocycles. The quantitative estimate of drug-likeness (QED) is 0.813. The highest BCUT2D eigenvalue weighted by Gasteiger charge is 2.12. The molecule has 1 heteroatoms. The molecule has 0 aliphatic heterocycles. The molecule has 1 atom stereocenters. The van der Waals surface area contributed by atoms with Gasteiger partial charge in [-0.05, 0) is 25.0 Å². The van der Waals surface area contributed by atoms with E-state index in [0.29, 0.717) is 0 Å². The van der Waals surface area contributed by atoms with Crippen molar-refractivity contribution in [1.29, 1.82) is 0 Å². The van der Waals surface area contributed by atoms with Gasteiger partial charge in [0.05, 0.1) is 0 Å². The summed E-state index contributed by atoms with van der Waals surface area (Å²) in [7, 11) is 0. The van der Waals surface area contributed by atoms with Gasteiger partial charge >= 0.3 is 0 Å². The summed E-state index contributed by atoms with van der Waals surface area (Å²) in [4.78, 5) is 0. The zero-order chi connectivity index (χ0) is 13.7. The minimum Gasteiger partial charge on any atom is -0.324 e. The fourth-order valence-electron chi connectivity index (χ4n) is 2.12. The maximum absolute atomic E-state index is 5.97. The molecule has 2 rings (SSSR count). The molecule has 0 heterocycles. The van der Waals surface area contributed by atoms with E-state index < -0.39 is 0 Å². The Hall–Kier alpha value is -1.86. The van der Waals surface area contributed by atoms with E-state index >= 15 is 0 Å². The van der Waals surface area contributed by atoms with Crippen LogP contribution in [0.5, 0.6) is 0 Å². The van der Waals surface area contributed by atoms with Crippen molar-refractivity contribution in [3.8, 4) is 0 Å². The zero-order valence-corrected chi connectivity index (χ0v) is 11.6. The summed E-state index contributed by atoms with van der Waals surface area (Å²) < 4.78 is 0. The van der Waals surface area contributed by atoms with Crippen molar-refractivity contribution in [3.05, 3.63) is 83.4 Å². The Labute approximate surface area is 115 Å². The smallest absolute Gasteiger partial charge is 0.0272 e. The Morgan fingerprint density at radius 3 is 1.68 bits per heavy atom. The Bertz CT molecular complexity index is 487. The molecule has 2 aromatic rings. The van der Waals surface area contributed by atoms with Crippen LogP contribution >= 0.6 is 0 Å². The van der Waals surface area contributed by atoms with Crippen LogP contribution in [0.1, 0.15) is 30.9 Å². The monoisotopic (exact) mass is 251 g/mol. The van der Waals surface area contributed by atoms with Gasteiger partial charge in [0.25, 0.3) is 0 Å². The second kappa shape index (κ2) is 6.35. The number of benzene rings is 2. The lowest BCUT2D eigenvalue weighted by Crippen LogP contribution is -2.17. The van der Waals surface area contributed by atoms with Gasteiger partial charge in [-0.25, -0.2) is 0 Å². The molecule has 0 aliphatic rings. The van der Waals surface area contributed by atoms with E-state index in [1.54, 1.807) is 0 Å². The normalized spacial score (nSPS) is 13.6. The molecule has 0 bridgehead atoms. The summed E-state index contributed by atoms with van der Waals surface area (Å²) >= 11 is 0. The van der Waals surface area contributed by atoms with Gasteiger partial charge in [0.15, 0.2) is 0 Å². The van der Waals surface area contributed by atoms with Crippen molar-refractivity contribution in [1.82, 2.24) is 0 Å². The van der Waals surface area contributed by atoms with E-state index in [9.17, 15) is 0 Å². The first kappa shape index (κ1) is 13.6. The molecule has 0 radical (unpaired) electrons. The van der Waals surface area contributed by atoms with Gasteiger partial charge in [0.2, 0.25) is 0 Å². The molecule has 2 aromatic carbocycles. The van der Waals surface area contributed by atoms with Gasteiger partial charge in [-0.1, -0.05) is 72.3 Å². The SMILES string of the molecule is C/C(=C\C(c1ccccc1)c1ccccc1)C(C)N. The molecule has 2 N–H and O–H groups in total. The number of rotatable bonds is 4. The van der Waals surface area contributed by atoms with Gasteiger partial charge in [0.1, 0.15) is 0 Å². The average molecular weight is 251 g/mol. The zero-order valence-electron chi connectivity index (χ0n) is 11.6. The van der Waals surface area contributed by atoms with Crippen molar-refractivity contribution in [2.75, 3.05) is 0 Å². The van der Waals surface area contributed by atoms with E-state index in [1.165, 1.54) is 16.7 Å². The second-order valence-electron chi connectivity index (χ2n) is 5.00. The Balaban J connectivity index is 2.43. The molecule has 0 saturated carbocycles. The third-order valence-corrected chi connectivity index (χ3v) is 3.47. The second-order valence-corrected chi connectivity index (χ2v) is 5.00. The predicted octanol–water partition coefficient (Wildman–Crippen LogP) is 4.11. The first-order chi connectivity index (χ1) is 9.18. The van der Waals surface area contributed by atoms with Crippen LogP contribution in [-0.4, -0.2) is 6.04 Å². The van der Waals surface area contributed by atoms with Crippen LogP contribution in [0.25, 0.3) is 0 Å². The molecular weight excluding hydrogens is 230 g/mol. The van der Waals surface area contributed by atoms with Gasteiger partial charge < -0.3 is 5.73 Å². The summed E-state index contributed by atoms with van der Waals surface area (Å²) in [6.45, 7) is 4.13. The molecule has 1 nitrogen and oxygen atoms in total. The molecule has 98 valence electrons. The van der Waals surface area contributed by atoms with Gasteiger partial charge in [-0.15, -0.1) is 0 Å². The number of hydrogen-bond donors (Lipinski definition) is 1. The average Bonchev–Trinajstić information content (AvgIpc) is 2.46. The van der Waals surface area contributed by atoms with Crippen LogP contribution < -0.4 is 5.73 Å². The summed E-state index contributed by atoms with van der Waals surface area (Å²) in [6, 6.07) is 21.2. The number of hydrogen-bond acceptors (Lipinski definition) is 1. The Morgan fingerprint density at radius 1 is 0.895 bits per heavy atom. The van der Waals surface area contributed by atoms with Crippen molar-refractivity contribution in [2.24, 2.45) is 5.73 Å². The lowest BCUT2D eigenvalue weighted by Gasteiger charge is -2.17. The molecule has 0 saturated heterocycles. The highest BCUT2D eigenvalue weighted by Crippen LogP contribution is 2.27. The molecule has 0 spiro atoms. The van der Waals surface area contributed by atoms with E-state index in [-0.39, 0.29) is 12.0 Å². The molecular formula is C18H21N. The molecule has 1 unspecified atom stereocenters. The molecule has 19 heavy (non-hydrogen) atoms. The summed E-state index contributed by atoms with van der Waals surface area (Å²) in [6.07, 6.45) is 2.27. The molecule has 0 fully saturated rings. The molecule has 0 aromatic heterocycles. The van der Waals surface area contributed by atoms with Crippen molar-refractivity contribution in [3.63, 3.8) is 0 Å². The standard InChI is InChI=1S/C18H21N/c1-14(15(2)19)13-18(16-9-5-3-6-10-16)17-11-7-4-8-12-17/h3-13,15,18H,19H2,1-2H3/b14-13+. The Kier molecular flexibility index (Phi) is 4.53. The van der Waals surface area contributed by atoms with Crippen LogP contribution in [0, 0.1) is 0 Å². The van der Waals surface area contributed by atoms with Crippen LogP contribution in [0.15, 0.2) is 72.3 Å². The lowest BCUT2D eigenvalue weighted by atomic mass is 9.89. The minimum atomic E-state index is 0.0925. The van der Waals surface area contributed by atoms with E-state index in [0.717, 1.165) is 0 Å². The van der Waals surface area contributed by atoms with Gasteiger partial charge in [-0.2, -0.15) is 0 Å². The van der Waals surface area contributed by atoms with Crippen LogP contribution in [-0.2, 0) is 0 Å². The largest absolute Gasteiger partial charge is 0.324 e. The van der Waals surface area contributed by atoms with E-state index in [1.807, 2.05) is 19.1 Å². The van der Waals surface area contributed by atoms with Crippen molar-refractivity contribution < 1.29 is 0 Å². The number of allylic oxidation sites excluding steroid dienone is 1. The van der Waals surface area contributed by atoms with Crippen molar-refractivity contribution >= 4 is 0 Å². The fraction of sp³-hybridized carbons (Fsp3) is 0.222. The fourth-order valence-corrected chi connectivity index (χ4v) is 2.12. The minimum absolute atomic E-state index is 0.0925. The van der Waals surface area contributed by atoms with Gasteiger partial charge in [-0.3, -0.25) is 0 Å². The van der Waals surface area contributed by atoms with Crippen LogP contribution in [0.2, 0.25) is 0 Å². The van der Waals surface area contributed by atoms with Crippen LogP contribution in [0.3, 0.4) is 0 Å². The topological polar surface area (TPSA) is 26.0 Å². The third kappa shape index (κ3) is 3.55. The maximum Gasteiger partial charge on any atom is 0.0272 e. The Morgan fingerprint density at radius 2 is 1.32 bits per heavy atom. The summed E-state index contributed by atoms with van der Waals surface area (Å²) in [5.74, 6) is 0.272. The lowest BCUT2D eigenvalue weighted by molar-refractivity contribution is 0.841. The predicted molar refractivity (Wildman–Crippen MR) is 82.1 cm³/mol.